The van der Waals surface area contributed by atoms with Crippen molar-refractivity contribution in [3.8, 4) is 11.3 Å². The summed E-state index contributed by atoms with van der Waals surface area (Å²) in [5.74, 6) is -0.172. The van der Waals surface area contributed by atoms with Crippen molar-refractivity contribution in [2.75, 3.05) is 17.2 Å². The van der Waals surface area contributed by atoms with Gasteiger partial charge in [-0.2, -0.15) is 5.10 Å². The Labute approximate surface area is 173 Å². The highest BCUT2D eigenvalue weighted by atomic mass is 19.1. The molecule has 0 fully saturated rings. The molecule has 30 heavy (non-hydrogen) atoms. The van der Waals surface area contributed by atoms with Crippen LogP contribution in [-0.2, 0) is 11.2 Å². The summed E-state index contributed by atoms with van der Waals surface area (Å²) in [7, 11) is 0. The van der Waals surface area contributed by atoms with Crippen LogP contribution in [0.3, 0.4) is 0 Å². The molecule has 158 valence electrons. The molecule has 1 aliphatic rings. The number of rotatable bonds is 2. The zero-order valence-electron chi connectivity index (χ0n) is 17.7. The van der Waals surface area contributed by atoms with Crippen LogP contribution in [0.15, 0.2) is 18.5 Å². The van der Waals surface area contributed by atoms with Crippen LogP contribution in [0.2, 0.25) is 0 Å². The number of hydrogen-bond acceptors (Lipinski definition) is 6. The maximum absolute atomic E-state index is 15.6. The van der Waals surface area contributed by atoms with Crippen molar-refractivity contribution in [3.05, 3.63) is 29.8 Å². The molecule has 1 aliphatic heterocycles. The van der Waals surface area contributed by atoms with E-state index in [1.165, 1.54) is 11.2 Å². The van der Waals surface area contributed by atoms with Crippen LogP contribution in [-0.4, -0.2) is 38.0 Å². The molecule has 4 rings (SSSR count). The molecular formula is C21H25FN6O2. The minimum Gasteiger partial charge on any atom is -0.443 e. The number of benzene rings is 1. The Morgan fingerprint density at radius 1 is 1.27 bits per heavy atom. The van der Waals surface area contributed by atoms with E-state index in [0.29, 0.717) is 46.5 Å². The van der Waals surface area contributed by atoms with E-state index in [0.717, 1.165) is 0 Å². The Kier molecular flexibility index (Phi) is 4.63. The normalized spacial score (nSPS) is 13.9. The molecule has 0 saturated carbocycles. The predicted octanol–water partition coefficient (Wildman–Crippen LogP) is 4.09. The first kappa shape index (κ1) is 20.1. The molecule has 3 aromatic rings. The van der Waals surface area contributed by atoms with E-state index in [9.17, 15) is 4.79 Å². The van der Waals surface area contributed by atoms with E-state index in [2.05, 4.69) is 15.1 Å². The molecule has 8 nitrogen and oxygen atoms in total. The topological polar surface area (TPSA) is 99.2 Å². The lowest BCUT2D eigenvalue weighted by atomic mass is 10.0. The van der Waals surface area contributed by atoms with Crippen LogP contribution in [0, 0.1) is 5.82 Å². The fourth-order valence-corrected chi connectivity index (χ4v) is 3.68. The number of nitrogens with two attached hydrogens (primary N) is 1. The zero-order chi connectivity index (χ0) is 21.8. The van der Waals surface area contributed by atoms with Gasteiger partial charge in [0.2, 0.25) is 0 Å². The van der Waals surface area contributed by atoms with Gasteiger partial charge in [-0.15, -0.1) is 0 Å². The van der Waals surface area contributed by atoms with E-state index in [4.69, 9.17) is 10.5 Å². The van der Waals surface area contributed by atoms with Crippen molar-refractivity contribution in [1.29, 1.82) is 0 Å². The third kappa shape index (κ3) is 3.24. The average Bonchev–Trinajstić information content (AvgIpc) is 3.24. The number of nitrogens with zero attached hydrogens (tertiary/aromatic N) is 5. The van der Waals surface area contributed by atoms with E-state index in [1.54, 1.807) is 37.6 Å². The molecule has 0 atom stereocenters. The van der Waals surface area contributed by atoms with Crippen molar-refractivity contribution in [1.82, 2.24) is 19.7 Å². The van der Waals surface area contributed by atoms with Crippen molar-refractivity contribution >= 4 is 28.6 Å². The number of halogens is 1. The van der Waals surface area contributed by atoms with Gasteiger partial charge < -0.3 is 10.5 Å². The van der Waals surface area contributed by atoms with Gasteiger partial charge in [-0.1, -0.05) is 0 Å². The minimum absolute atomic E-state index is 0.00991. The average molecular weight is 412 g/mol. The second-order valence-corrected chi connectivity index (χ2v) is 8.65. The first-order valence-corrected chi connectivity index (χ1v) is 9.89. The van der Waals surface area contributed by atoms with E-state index in [-0.39, 0.29) is 11.9 Å². The van der Waals surface area contributed by atoms with Gasteiger partial charge in [-0.3, -0.25) is 4.90 Å². The smallest absolute Gasteiger partial charge is 0.414 e. The summed E-state index contributed by atoms with van der Waals surface area (Å²) < 4.78 is 22.8. The SMILES string of the molecule is CC(C)n1nc(-c2ccc3c(c2F)CCN3C(=O)OC(C)(C)C)c2c(N)ncnc21. The summed E-state index contributed by atoms with van der Waals surface area (Å²) in [6.07, 6.45) is 1.28. The first-order valence-electron chi connectivity index (χ1n) is 9.89. The minimum atomic E-state index is -0.627. The molecule has 0 radical (unpaired) electrons. The molecule has 3 heterocycles. The van der Waals surface area contributed by atoms with Gasteiger partial charge in [-0.05, 0) is 53.2 Å². The van der Waals surface area contributed by atoms with Crippen LogP contribution in [0.4, 0.5) is 20.7 Å². The van der Waals surface area contributed by atoms with Crippen LogP contribution >= 0.6 is 0 Å². The van der Waals surface area contributed by atoms with Crippen molar-refractivity contribution in [2.24, 2.45) is 0 Å². The zero-order valence-corrected chi connectivity index (χ0v) is 17.7. The third-order valence-corrected chi connectivity index (χ3v) is 4.97. The van der Waals surface area contributed by atoms with Crippen molar-refractivity contribution < 1.29 is 13.9 Å². The van der Waals surface area contributed by atoms with E-state index >= 15 is 4.39 Å². The van der Waals surface area contributed by atoms with Gasteiger partial charge in [0.05, 0.1) is 11.1 Å². The highest BCUT2D eigenvalue weighted by Gasteiger charge is 2.32. The lowest BCUT2D eigenvalue weighted by molar-refractivity contribution is 0.0584. The van der Waals surface area contributed by atoms with Crippen molar-refractivity contribution in [2.45, 2.75) is 52.7 Å². The fraction of sp³-hybridized carbons (Fsp3) is 0.429. The maximum atomic E-state index is 15.6. The highest BCUT2D eigenvalue weighted by molar-refractivity contribution is 5.99. The number of carbonyl (C=O) groups excluding carboxylic acids is 1. The Bertz CT molecular complexity index is 1150. The van der Waals surface area contributed by atoms with Crippen molar-refractivity contribution in [3.63, 3.8) is 0 Å². The lowest BCUT2D eigenvalue weighted by Gasteiger charge is -2.24. The van der Waals surface area contributed by atoms with Gasteiger partial charge in [0.25, 0.3) is 0 Å². The molecule has 2 aromatic heterocycles. The van der Waals surface area contributed by atoms with E-state index < -0.39 is 17.5 Å². The summed E-state index contributed by atoms with van der Waals surface area (Å²) in [6, 6.07) is 3.36. The molecule has 1 amide bonds. The van der Waals surface area contributed by atoms with Gasteiger partial charge >= 0.3 is 6.09 Å². The summed E-state index contributed by atoms with van der Waals surface area (Å²) in [4.78, 5) is 22.3. The molecule has 0 bridgehead atoms. The molecule has 0 spiro atoms. The maximum Gasteiger partial charge on any atom is 0.414 e. The number of nitrogen functional groups attached to an aromatic ring is 1. The number of hydrogen-bond donors (Lipinski definition) is 1. The number of anilines is 2. The second-order valence-electron chi connectivity index (χ2n) is 8.65. The number of ether oxygens (including phenoxy) is 1. The Balaban J connectivity index is 1.82. The molecule has 1 aromatic carbocycles. The monoisotopic (exact) mass is 412 g/mol. The number of aromatic nitrogens is 4. The van der Waals surface area contributed by atoms with Gasteiger partial charge in [0, 0.05) is 23.7 Å². The predicted molar refractivity (Wildman–Crippen MR) is 113 cm³/mol. The third-order valence-electron chi connectivity index (χ3n) is 4.97. The van der Waals surface area contributed by atoms with Gasteiger partial charge in [-0.25, -0.2) is 23.8 Å². The van der Waals surface area contributed by atoms with Crippen LogP contribution < -0.4 is 10.6 Å². The Hall–Kier alpha value is -3.23. The fourth-order valence-electron chi connectivity index (χ4n) is 3.68. The van der Waals surface area contributed by atoms with Gasteiger partial charge in [0.1, 0.15) is 29.3 Å². The van der Waals surface area contributed by atoms with Crippen LogP contribution in [0.25, 0.3) is 22.3 Å². The van der Waals surface area contributed by atoms with Crippen LogP contribution in [0.5, 0.6) is 0 Å². The lowest BCUT2D eigenvalue weighted by Crippen LogP contribution is -2.35. The standard InChI is InChI=1S/C21H25FN6O2/c1-11(2)28-19-15(18(23)24-10-25-19)17(26-28)13-6-7-14-12(16(13)22)8-9-27(14)20(29)30-21(3,4)5/h6-7,10-11H,8-9H2,1-5H3,(H2,23,24,25). The molecule has 9 heteroatoms. The quantitative estimate of drug-likeness (QED) is 0.680. The van der Waals surface area contributed by atoms with Gasteiger partial charge in [0.15, 0.2) is 5.65 Å². The van der Waals surface area contributed by atoms with E-state index in [1.807, 2.05) is 13.8 Å². The first-order chi connectivity index (χ1) is 14.1. The summed E-state index contributed by atoms with van der Waals surface area (Å²) in [5, 5.41) is 5.12. The summed E-state index contributed by atoms with van der Waals surface area (Å²) >= 11 is 0. The summed E-state index contributed by atoms with van der Waals surface area (Å²) in [6.45, 7) is 9.69. The molecule has 2 N–H and O–H groups in total. The Morgan fingerprint density at radius 3 is 2.67 bits per heavy atom. The largest absolute Gasteiger partial charge is 0.443 e. The molecule has 0 unspecified atom stereocenters. The number of amides is 1. The van der Waals surface area contributed by atoms with Crippen LogP contribution in [0.1, 0.15) is 46.2 Å². The molecule has 0 aliphatic carbocycles. The number of fused-ring (bicyclic) bond motifs is 2. The second kappa shape index (κ2) is 6.93. The molecular weight excluding hydrogens is 387 g/mol. The summed E-state index contributed by atoms with van der Waals surface area (Å²) in [5.41, 5.74) is 7.71. The number of carbonyl (C=O) groups is 1. The highest BCUT2D eigenvalue weighted by Crippen LogP contribution is 2.39. The Morgan fingerprint density at radius 2 is 2.00 bits per heavy atom. The molecule has 0 saturated heterocycles.